The molecule has 1 fully saturated rings. The monoisotopic (exact) mass is 370 g/mol. The number of furan rings is 1. The van der Waals surface area contributed by atoms with E-state index in [2.05, 4.69) is 16.1 Å². The number of amides is 5. The van der Waals surface area contributed by atoms with Gasteiger partial charge in [0.2, 0.25) is 0 Å². The highest BCUT2D eigenvalue weighted by Gasteiger charge is 2.52. The summed E-state index contributed by atoms with van der Waals surface area (Å²) >= 11 is 0. The van der Waals surface area contributed by atoms with Crippen molar-refractivity contribution in [2.45, 2.75) is 18.9 Å². The highest BCUT2D eigenvalue weighted by molar-refractivity contribution is 6.08. The number of nitrogens with zero attached hydrogens (tertiary/aromatic N) is 1. The number of hydrogen-bond donors (Lipinski definition) is 3. The van der Waals surface area contributed by atoms with Gasteiger partial charge in [0.25, 0.3) is 17.7 Å². The molecule has 5 amide bonds. The number of benzene rings is 1. The van der Waals surface area contributed by atoms with Crippen LogP contribution in [0.4, 0.5) is 4.79 Å². The number of imide groups is 1. The molecule has 2 aromatic rings. The Labute approximate surface area is 154 Å². The van der Waals surface area contributed by atoms with E-state index in [-0.39, 0.29) is 5.76 Å². The van der Waals surface area contributed by atoms with Crippen LogP contribution in [0.2, 0.25) is 0 Å². The van der Waals surface area contributed by atoms with Crippen LogP contribution in [0.3, 0.4) is 0 Å². The van der Waals surface area contributed by atoms with Crippen molar-refractivity contribution in [2.75, 3.05) is 6.54 Å². The van der Waals surface area contributed by atoms with Crippen molar-refractivity contribution in [1.82, 2.24) is 21.1 Å². The maximum Gasteiger partial charge on any atom is 0.344 e. The van der Waals surface area contributed by atoms with E-state index in [1.54, 1.807) is 37.3 Å². The molecule has 0 bridgehead atoms. The lowest BCUT2D eigenvalue weighted by Gasteiger charge is -2.25. The van der Waals surface area contributed by atoms with Crippen molar-refractivity contribution in [3.8, 4) is 0 Å². The minimum Gasteiger partial charge on any atom is -0.459 e. The molecule has 2 heterocycles. The van der Waals surface area contributed by atoms with E-state index in [9.17, 15) is 19.2 Å². The second-order valence-corrected chi connectivity index (χ2v) is 5.89. The van der Waals surface area contributed by atoms with Gasteiger partial charge in [0.15, 0.2) is 5.76 Å². The number of carbonyl (C=O) groups is 4. The van der Waals surface area contributed by atoms with Crippen LogP contribution < -0.4 is 16.1 Å². The van der Waals surface area contributed by atoms with Crippen LogP contribution in [-0.4, -0.2) is 35.3 Å². The minimum atomic E-state index is -1.25. The molecule has 0 aliphatic carbocycles. The first-order chi connectivity index (χ1) is 13.0. The minimum absolute atomic E-state index is 0.0480. The molecule has 1 saturated heterocycles. The maximum absolute atomic E-state index is 12.9. The third-order valence-corrected chi connectivity index (χ3v) is 4.28. The van der Waals surface area contributed by atoms with Gasteiger partial charge in [0, 0.05) is 0 Å². The molecule has 1 aromatic carbocycles. The van der Waals surface area contributed by atoms with Crippen LogP contribution in [0.25, 0.3) is 0 Å². The van der Waals surface area contributed by atoms with Crippen molar-refractivity contribution in [3.05, 3.63) is 60.1 Å². The number of hydrogen-bond acceptors (Lipinski definition) is 5. The molecule has 3 rings (SSSR count). The lowest BCUT2D eigenvalue weighted by atomic mass is 9.87. The van der Waals surface area contributed by atoms with E-state index < -0.39 is 35.8 Å². The Morgan fingerprint density at radius 3 is 2.52 bits per heavy atom. The van der Waals surface area contributed by atoms with Crippen molar-refractivity contribution < 1.29 is 23.6 Å². The zero-order valence-corrected chi connectivity index (χ0v) is 14.5. The highest BCUT2D eigenvalue weighted by atomic mass is 16.3. The van der Waals surface area contributed by atoms with Crippen LogP contribution in [0.1, 0.15) is 29.5 Å². The summed E-state index contributed by atoms with van der Waals surface area (Å²) < 4.78 is 4.91. The van der Waals surface area contributed by atoms with E-state index in [0.717, 1.165) is 0 Å². The Morgan fingerprint density at radius 2 is 1.89 bits per heavy atom. The predicted octanol–water partition coefficient (Wildman–Crippen LogP) is 0.898. The second-order valence-electron chi connectivity index (χ2n) is 5.89. The fourth-order valence-corrected chi connectivity index (χ4v) is 2.86. The largest absolute Gasteiger partial charge is 0.459 e. The summed E-state index contributed by atoms with van der Waals surface area (Å²) in [5, 5.41) is 5.62. The van der Waals surface area contributed by atoms with Crippen LogP contribution in [0, 0.1) is 0 Å². The molecule has 0 saturated carbocycles. The van der Waals surface area contributed by atoms with Crippen molar-refractivity contribution in [2.24, 2.45) is 0 Å². The Hall–Kier alpha value is -3.62. The van der Waals surface area contributed by atoms with Gasteiger partial charge >= 0.3 is 6.03 Å². The van der Waals surface area contributed by atoms with E-state index in [1.165, 1.54) is 18.4 Å². The van der Waals surface area contributed by atoms with Crippen LogP contribution >= 0.6 is 0 Å². The fraction of sp³-hybridized carbons (Fsp3) is 0.222. The molecular formula is C18H18N4O5. The average Bonchev–Trinajstić information content (AvgIpc) is 3.30. The standard InChI is InChI=1S/C18H18N4O5/c1-2-18(12-7-4-3-5-8-12)16(25)22(17(26)20-18)21-14(23)11-19-15(24)13-9-6-10-27-13/h3-10H,2,11H2,1H3,(H,19,24)(H,20,26)(H,21,23). The van der Waals surface area contributed by atoms with Gasteiger partial charge in [-0.15, -0.1) is 0 Å². The first kappa shape index (κ1) is 18.2. The molecule has 27 heavy (non-hydrogen) atoms. The van der Waals surface area contributed by atoms with E-state index in [1.807, 2.05) is 0 Å². The first-order valence-electron chi connectivity index (χ1n) is 8.31. The summed E-state index contributed by atoms with van der Waals surface area (Å²) in [5.74, 6) is -1.85. The van der Waals surface area contributed by atoms with E-state index >= 15 is 0 Å². The van der Waals surface area contributed by atoms with Gasteiger partial charge in [-0.2, -0.15) is 5.01 Å². The van der Waals surface area contributed by atoms with Gasteiger partial charge < -0.3 is 15.1 Å². The predicted molar refractivity (Wildman–Crippen MR) is 93.0 cm³/mol. The van der Waals surface area contributed by atoms with Gasteiger partial charge in [-0.1, -0.05) is 37.3 Å². The van der Waals surface area contributed by atoms with Gasteiger partial charge in [-0.05, 0) is 24.1 Å². The van der Waals surface area contributed by atoms with Gasteiger partial charge in [0.05, 0.1) is 12.8 Å². The SMILES string of the molecule is CCC1(c2ccccc2)NC(=O)N(NC(=O)CNC(=O)c2ccco2)C1=O. The molecule has 140 valence electrons. The molecule has 9 heteroatoms. The number of rotatable bonds is 6. The topological polar surface area (TPSA) is 121 Å². The molecule has 1 aromatic heterocycles. The fourth-order valence-electron chi connectivity index (χ4n) is 2.86. The highest BCUT2D eigenvalue weighted by Crippen LogP contribution is 2.31. The molecule has 1 atom stereocenters. The van der Waals surface area contributed by atoms with Gasteiger partial charge in [0.1, 0.15) is 5.54 Å². The van der Waals surface area contributed by atoms with Crippen molar-refractivity contribution in [1.29, 1.82) is 0 Å². The zero-order chi connectivity index (χ0) is 19.4. The summed E-state index contributed by atoms with van der Waals surface area (Å²) in [5.41, 5.74) is 1.60. The van der Waals surface area contributed by atoms with Crippen molar-refractivity contribution >= 4 is 23.8 Å². The van der Waals surface area contributed by atoms with Crippen LogP contribution in [0.5, 0.6) is 0 Å². The number of hydrazine groups is 1. The van der Waals surface area contributed by atoms with Crippen LogP contribution in [-0.2, 0) is 15.1 Å². The van der Waals surface area contributed by atoms with Gasteiger partial charge in [-0.3, -0.25) is 19.8 Å². The van der Waals surface area contributed by atoms with E-state index in [0.29, 0.717) is 17.0 Å². The third-order valence-electron chi connectivity index (χ3n) is 4.28. The Kier molecular flexibility index (Phi) is 4.93. The van der Waals surface area contributed by atoms with E-state index in [4.69, 9.17) is 4.42 Å². The van der Waals surface area contributed by atoms with Crippen molar-refractivity contribution in [3.63, 3.8) is 0 Å². The first-order valence-corrected chi connectivity index (χ1v) is 8.31. The average molecular weight is 370 g/mol. The molecule has 0 spiro atoms. The summed E-state index contributed by atoms with van der Waals surface area (Å²) in [6, 6.07) is 11.0. The number of nitrogens with one attached hydrogen (secondary N) is 3. The molecule has 0 radical (unpaired) electrons. The molecule has 1 aliphatic heterocycles. The zero-order valence-electron chi connectivity index (χ0n) is 14.5. The lowest BCUT2D eigenvalue weighted by molar-refractivity contribution is -0.139. The molecule has 1 aliphatic rings. The molecule has 9 nitrogen and oxygen atoms in total. The van der Waals surface area contributed by atoms with Gasteiger partial charge in [-0.25, -0.2) is 4.79 Å². The Morgan fingerprint density at radius 1 is 1.15 bits per heavy atom. The molecular weight excluding hydrogens is 352 g/mol. The Bertz CT molecular complexity index is 865. The summed E-state index contributed by atoms with van der Waals surface area (Å²) in [4.78, 5) is 49.0. The molecule has 3 N–H and O–H groups in total. The quantitative estimate of drug-likeness (QED) is 0.653. The maximum atomic E-state index is 12.9. The summed E-state index contributed by atoms with van der Waals surface area (Å²) in [6.07, 6.45) is 1.64. The Balaban J connectivity index is 1.66. The summed E-state index contributed by atoms with van der Waals surface area (Å²) in [7, 11) is 0. The normalized spacial score (nSPS) is 18.9. The number of carbonyl (C=O) groups excluding carboxylic acids is 4. The molecule has 1 unspecified atom stereocenters. The summed E-state index contributed by atoms with van der Waals surface area (Å²) in [6.45, 7) is 1.33. The third kappa shape index (κ3) is 3.39. The second kappa shape index (κ2) is 7.32. The smallest absolute Gasteiger partial charge is 0.344 e. The van der Waals surface area contributed by atoms with Crippen LogP contribution in [0.15, 0.2) is 53.1 Å². The number of urea groups is 1. The lowest BCUT2D eigenvalue weighted by Crippen LogP contribution is -2.51.